The highest BCUT2D eigenvalue weighted by Gasteiger charge is 2.29. The van der Waals surface area contributed by atoms with Crippen molar-refractivity contribution in [2.24, 2.45) is 10.8 Å². The van der Waals surface area contributed by atoms with Gasteiger partial charge in [0.2, 0.25) is 6.35 Å². The molecule has 9 nitrogen and oxygen atoms in total. The number of nitrogens with two attached hydrogens (primary N) is 1. The number of allylic oxidation sites excluding steroid dienone is 1. The van der Waals surface area contributed by atoms with Gasteiger partial charge in [-0.2, -0.15) is 5.10 Å². The molecule has 0 aliphatic carbocycles. The lowest BCUT2D eigenvalue weighted by molar-refractivity contribution is 0.0467. The molecule has 3 aromatic rings. The Bertz CT molecular complexity index is 1550. The molecule has 1 unspecified atom stereocenters. The van der Waals surface area contributed by atoms with Gasteiger partial charge in [0.1, 0.15) is 17.5 Å². The van der Waals surface area contributed by atoms with Crippen molar-refractivity contribution in [1.29, 1.82) is 0 Å². The zero-order valence-corrected chi connectivity index (χ0v) is 23.4. The van der Waals surface area contributed by atoms with E-state index in [4.69, 9.17) is 5.73 Å². The molecule has 214 valence electrons. The number of hydrogen-bond donors (Lipinski definition) is 3. The van der Waals surface area contributed by atoms with Crippen LogP contribution in [0.1, 0.15) is 52.6 Å². The van der Waals surface area contributed by atoms with Gasteiger partial charge >= 0.3 is 0 Å². The van der Waals surface area contributed by atoms with Crippen LogP contribution in [0.3, 0.4) is 0 Å². The summed E-state index contributed by atoms with van der Waals surface area (Å²) in [7, 11) is 1.69. The average molecular weight is 563 g/mol. The van der Waals surface area contributed by atoms with E-state index >= 15 is 0 Å². The summed E-state index contributed by atoms with van der Waals surface area (Å²) in [6, 6.07) is 13.5. The Hall–Kier alpha value is -4.77. The molecule has 0 fully saturated rings. The number of primary amides is 1. The summed E-state index contributed by atoms with van der Waals surface area (Å²) in [4.78, 5) is 28.6. The molecule has 1 aliphatic rings. The van der Waals surface area contributed by atoms with Crippen molar-refractivity contribution in [3.8, 4) is 0 Å². The van der Waals surface area contributed by atoms with Crippen LogP contribution in [-0.4, -0.2) is 47.7 Å². The number of aliphatic hydroxyl groups is 1. The summed E-state index contributed by atoms with van der Waals surface area (Å²) in [6.45, 7) is 7.74. The van der Waals surface area contributed by atoms with E-state index in [0.29, 0.717) is 23.6 Å². The van der Waals surface area contributed by atoms with Crippen molar-refractivity contribution in [3.63, 3.8) is 0 Å². The number of nitrogens with zero attached hydrogens (tertiary/aromatic N) is 4. The van der Waals surface area contributed by atoms with Gasteiger partial charge in [-0.25, -0.2) is 8.78 Å². The minimum atomic E-state index is -0.976. The molecular formula is C30H32F2N6O3. The van der Waals surface area contributed by atoms with Crippen molar-refractivity contribution < 1.29 is 23.5 Å². The van der Waals surface area contributed by atoms with Crippen LogP contribution in [0.15, 0.2) is 65.8 Å². The first kappa shape index (κ1) is 29.2. The molecule has 1 heterocycles. The number of carbonyl (C=O) groups excluding carboxylic acids is 2. The maximum absolute atomic E-state index is 14.6. The Morgan fingerprint density at radius 2 is 1.78 bits per heavy atom. The second-order valence-electron chi connectivity index (χ2n) is 9.53. The molecule has 41 heavy (non-hydrogen) atoms. The summed E-state index contributed by atoms with van der Waals surface area (Å²) in [5, 5.41) is 18.8. The summed E-state index contributed by atoms with van der Waals surface area (Å²) in [6.07, 6.45) is 0.977. The van der Waals surface area contributed by atoms with E-state index in [1.54, 1.807) is 25.8 Å². The van der Waals surface area contributed by atoms with Crippen LogP contribution in [0.5, 0.6) is 0 Å². The molecule has 0 saturated carbocycles. The van der Waals surface area contributed by atoms with Crippen molar-refractivity contribution in [1.82, 2.24) is 5.01 Å². The number of anilines is 3. The van der Waals surface area contributed by atoms with E-state index < -0.39 is 29.8 Å². The molecule has 0 bridgehead atoms. The lowest BCUT2D eigenvalue weighted by Gasteiger charge is -2.30. The number of benzene rings is 3. The first-order chi connectivity index (χ1) is 19.5. The Morgan fingerprint density at radius 3 is 2.34 bits per heavy atom. The first-order valence-corrected chi connectivity index (χ1v) is 13.0. The Labute approximate surface area is 237 Å². The van der Waals surface area contributed by atoms with Crippen LogP contribution in [-0.2, 0) is 0 Å². The number of carbonyl (C=O) groups is 2. The molecular weight excluding hydrogens is 530 g/mol. The van der Waals surface area contributed by atoms with E-state index in [-0.39, 0.29) is 16.8 Å². The van der Waals surface area contributed by atoms with Gasteiger partial charge in [0.15, 0.2) is 0 Å². The van der Waals surface area contributed by atoms with Crippen LogP contribution in [0.2, 0.25) is 0 Å². The van der Waals surface area contributed by atoms with Crippen molar-refractivity contribution in [2.75, 3.05) is 28.7 Å². The first-order valence-electron chi connectivity index (χ1n) is 13.0. The monoisotopic (exact) mass is 562 g/mol. The summed E-state index contributed by atoms with van der Waals surface area (Å²) >= 11 is 0. The fraction of sp³-hybridized carbons (Fsp3) is 0.233. The minimum Gasteiger partial charge on any atom is -0.366 e. The molecule has 2 amide bonds. The third kappa shape index (κ3) is 5.75. The van der Waals surface area contributed by atoms with Crippen molar-refractivity contribution in [3.05, 3.63) is 94.6 Å². The van der Waals surface area contributed by atoms with E-state index in [2.05, 4.69) is 10.4 Å². The van der Waals surface area contributed by atoms with E-state index in [0.717, 1.165) is 35.1 Å². The number of aryl methyl sites for hydroxylation is 1. The fourth-order valence-corrected chi connectivity index (χ4v) is 4.96. The maximum Gasteiger partial charge on any atom is 0.257 e. The quantitative estimate of drug-likeness (QED) is 0.361. The highest BCUT2D eigenvalue weighted by Crippen LogP contribution is 2.35. The Kier molecular flexibility index (Phi) is 8.39. The second kappa shape index (κ2) is 11.8. The number of hydrazone groups is 1. The van der Waals surface area contributed by atoms with Gasteiger partial charge in [0, 0.05) is 30.7 Å². The van der Waals surface area contributed by atoms with Gasteiger partial charge in [-0.15, -0.1) is 0 Å². The molecule has 1 atom stereocenters. The van der Waals surface area contributed by atoms with E-state index in [1.165, 1.54) is 17.1 Å². The lowest BCUT2D eigenvalue weighted by Crippen LogP contribution is -2.40. The highest BCUT2D eigenvalue weighted by atomic mass is 19.1. The van der Waals surface area contributed by atoms with Gasteiger partial charge in [0.25, 0.3) is 11.8 Å². The number of amides is 2. The number of halogens is 2. The topological polar surface area (TPSA) is 114 Å². The number of hydrogen-bond acceptors (Lipinski definition) is 7. The predicted octanol–water partition coefficient (Wildman–Crippen LogP) is 4.87. The molecule has 0 spiro atoms. The third-order valence-electron chi connectivity index (χ3n) is 6.81. The predicted molar refractivity (Wildman–Crippen MR) is 156 cm³/mol. The van der Waals surface area contributed by atoms with Gasteiger partial charge < -0.3 is 21.1 Å². The molecule has 11 heteroatoms. The Balaban J connectivity index is 1.70. The highest BCUT2D eigenvalue weighted by molar-refractivity contribution is 6.10. The van der Waals surface area contributed by atoms with Crippen molar-refractivity contribution in [2.45, 2.75) is 34.0 Å². The largest absolute Gasteiger partial charge is 0.366 e. The molecule has 0 radical (unpaired) electrons. The number of nitrogens with one attached hydrogen (secondary N) is 1. The van der Waals surface area contributed by atoms with Crippen LogP contribution in [0.25, 0.3) is 5.70 Å². The normalized spacial score (nSPS) is 15.2. The zero-order chi connectivity index (χ0) is 30.0. The molecule has 1 aliphatic heterocycles. The summed E-state index contributed by atoms with van der Waals surface area (Å²) < 4.78 is 28.6. The van der Waals surface area contributed by atoms with Gasteiger partial charge in [-0.3, -0.25) is 19.5 Å². The molecule has 4 rings (SSSR count). The Morgan fingerprint density at radius 1 is 1.10 bits per heavy atom. The SMILES string of the molecule is C/C=C(/c1ccc(N2C(C)=NN(C)C2O)cc1)N(CC)c1c(C)cc(F)cc1C(=O)Nc1ccc(F)c(C(N)=O)c1. The summed E-state index contributed by atoms with van der Waals surface area (Å²) in [5.74, 6) is -2.38. The lowest BCUT2D eigenvalue weighted by atomic mass is 10.0. The van der Waals surface area contributed by atoms with Gasteiger partial charge in [-0.1, -0.05) is 18.2 Å². The minimum absolute atomic E-state index is 0.0559. The van der Waals surface area contributed by atoms with Crippen molar-refractivity contribution >= 4 is 40.4 Å². The maximum atomic E-state index is 14.6. The molecule has 0 aromatic heterocycles. The summed E-state index contributed by atoms with van der Waals surface area (Å²) in [5.41, 5.74) is 8.42. The standard InChI is InChI=1S/C30H32F2N6O3/c1-6-26(19-8-11-22(12-9-19)38-18(4)35-36(5)30(38)41)37(7-2)27-17(3)14-20(31)15-24(27)29(40)34-21-10-13-25(32)23(16-21)28(33)39/h6,8-16,30,41H,7H2,1-5H3,(H2,33,39)(H,34,40)/b26-6-. The van der Waals surface area contributed by atoms with E-state index in [9.17, 15) is 23.5 Å². The van der Waals surface area contributed by atoms with Gasteiger partial charge in [0.05, 0.1) is 16.8 Å². The number of rotatable bonds is 8. The molecule has 3 aromatic carbocycles. The van der Waals surface area contributed by atoms with Crippen LogP contribution >= 0.6 is 0 Å². The number of aliphatic hydroxyl groups excluding tert-OH is 1. The van der Waals surface area contributed by atoms with Gasteiger partial charge in [-0.05, 0) is 81.3 Å². The van der Waals surface area contributed by atoms with Crippen LogP contribution in [0, 0.1) is 18.6 Å². The molecule has 4 N–H and O–H groups in total. The van der Waals surface area contributed by atoms with Crippen LogP contribution < -0.4 is 20.9 Å². The average Bonchev–Trinajstić information content (AvgIpc) is 3.18. The molecule has 0 saturated heterocycles. The third-order valence-corrected chi connectivity index (χ3v) is 6.81. The second-order valence-corrected chi connectivity index (χ2v) is 9.53. The van der Waals surface area contributed by atoms with E-state index in [1.807, 2.05) is 49.1 Å². The van der Waals surface area contributed by atoms with Crippen LogP contribution in [0.4, 0.5) is 25.8 Å². The smallest absolute Gasteiger partial charge is 0.257 e. The fourth-order valence-electron chi connectivity index (χ4n) is 4.96. The number of amidine groups is 1. The zero-order valence-electron chi connectivity index (χ0n) is 23.4.